The minimum Gasteiger partial charge on any atom is -0.382 e. The lowest BCUT2D eigenvalue weighted by Crippen LogP contribution is -2.37. The summed E-state index contributed by atoms with van der Waals surface area (Å²) in [6.07, 6.45) is 4.27. The maximum atomic E-state index is 5.42. The molecular formula is C10H17N3O2. The third-order valence-electron chi connectivity index (χ3n) is 2.35. The van der Waals surface area contributed by atoms with Gasteiger partial charge in [-0.1, -0.05) is 12.2 Å². The van der Waals surface area contributed by atoms with Crippen molar-refractivity contribution in [3.05, 3.63) is 23.5 Å². The molecule has 0 aromatic heterocycles. The standard InChI is InChI=1S/C10H17N3O2/c1-14-5-6-15-8-13-7-9-3-2-4-11-10(9)12-13/h2-3,11-12H,4-8H2,1H3. The van der Waals surface area contributed by atoms with Crippen LogP contribution in [0.2, 0.25) is 0 Å². The highest BCUT2D eigenvalue weighted by molar-refractivity contribution is 5.31. The molecule has 2 aliphatic rings. The molecule has 84 valence electrons. The second kappa shape index (κ2) is 5.16. The van der Waals surface area contributed by atoms with Crippen molar-refractivity contribution in [3.63, 3.8) is 0 Å². The number of dihydropyridines is 1. The van der Waals surface area contributed by atoms with Crippen LogP contribution in [0.5, 0.6) is 0 Å². The average Bonchev–Trinajstić information content (AvgIpc) is 2.67. The molecule has 0 aromatic rings. The summed E-state index contributed by atoms with van der Waals surface area (Å²) >= 11 is 0. The normalized spacial score (nSPS) is 20.1. The highest BCUT2D eigenvalue weighted by Gasteiger charge is 2.20. The van der Waals surface area contributed by atoms with E-state index in [4.69, 9.17) is 9.47 Å². The zero-order chi connectivity index (χ0) is 10.5. The lowest BCUT2D eigenvalue weighted by atomic mass is 10.2. The Kier molecular flexibility index (Phi) is 3.60. The third-order valence-corrected chi connectivity index (χ3v) is 2.35. The average molecular weight is 211 g/mol. The van der Waals surface area contributed by atoms with Gasteiger partial charge in [-0.3, -0.25) is 0 Å². The summed E-state index contributed by atoms with van der Waals surface area (Å²) in [5.74, 6) is 1.10. The summed E-state index contributed by atoms with van der Waals surface area (Å²) < 4.78 is 10.3. The first kappa shape index (κ1) is 10.5. The minimum atomic E-state index is 0.575. The molecule has 2 heterocycles. The molecule has 2 rings (SSSR count). The molecule has 2 aliphatic heterocycles. The van der Waals surface area contributed by atoms with E-state index in [-0.39, 0.29) is 0 Å². The molecular weight excluding hydrogens is 194 g/mol. The van der Waals surface area contributed by atoms with E-state index >= 15 is 0 Å². The quantitative estimate of drug-likeness (QED) is 0.617. The molecule has 0 atom stereocenters. The Morgan fingerprint density at radius 1 is 1.47 bits per heavy atom. The monoisotopic (exact) mass is 211 g/mol. The fourth-order valence-corrected chi connectivity index (χ4v) is 1.60. The van der Waals surface area contributed by atoms with Crippen LogP contribution >= 0.6 is 0 Å². The van der Waals surface area contributed by atoms with Crippen LogP contribution in [0.15, 0.2) is 23.5 Å². The lowest BCUT2D eigenvalue weighted by Gasteiger charge is -2.17. The van der Waals surface area contributed by atoms with Crippen LogP contribution in [0.1, 0.15) is 0 Å². The Bertz CT molecular complexity index is 276. The van der Waals surface area contributed by atoms with Crippen LogP contribution in [-0.4, -0.2) is 45.2 Å². The number of ether oxygens (including phenoxy) is 2. The highest BCUT2D eigenvalue weighted by Crippen LogP contribution is 2.13. The molecule has 15 heavy (non-hydrogen) atoms. The number of nitrogens with zero attached hydrogens (tertiary/aromatic N) is 1. The van der Waals surface area contributed by atoms with Crippen LogP contribution in [0.4, 0.5) is 0 Å². The molecule has 0 bridgehead atoms. The molecule has 0 saturated heterocycles. The van der Waals surface area contributed by atoms with E-state index in [9.17, 15) is 0 Å². The number of hydrazine groups is 1. The van der Waals surface area contributed by atoms with Crippen molar-refractivity contribution in [2.75, 3.05) is 40.1 Å². The van der Waals surface area contributed by atoms with E-state index in [2.05, 4.69) is 22.9 Å². The first-order valence-electron chi connectivity index (χ1n) is 5.12. The van der Waals surface area contributed by atoms with Crippen molar-refractivity contribution in [3.8, 4) is 0 Å². The van der Waals surface area contributed by atoms with E-state index in [0.29, 0.717) is 19.9 Å². The maximum absolute atomic E-state index is 5.42. The van der Waals surface area contributed by atoms with Gasteiger partial charge in [0, 0.05) is 25.8 Å². The molecule has 2 N–H and O–H groups in total. The lowest BCUT2D eigenvalue weighted by molar-refractivity contribution is -0.00448. The van der Waals surface area contributed by atoms with Gasteiger partial charge >= 0.3 is 0 Å². The molecule has 0 unspecified atom stereocenters. The topological polar surface area (TPSA) is 45.8 Å². The van der Waals surface area contributed by atoms with Gasteiger partial charge in [-0.05, 0) is 0 Å². The molecule has 0 aromatic carbocycles. The largest absolute Gasteiger partial charge is 0.382 e. The summed E-state index contributed by atoms with van der Waals surface area (Å²) in [5.41, 5.74) is 4.54. The van der Waals surface area contributed by atoms with Gasteiger partial charge in [0.25, 0.3) is 0 Å². The van der Waals surface area contributed by atoms with Crippen molar-refractivity contribution in [1.82, 2.24) is 15.8 Å². The molecule has 5 nitrogen and oxygen atoms in total. The maximum Gasteiger partial charge on any atom is 0.118 e. The van der Waals surface area contributed by atoms with Gasteiger partial charge < -0.3 is 20.2 Å². The Labute approximate surface area is 89.7 Å². The van der Waals surface area contributed by atoms with Gasteiger partial charge in [0.05, 0.1) is 13.2 Å². The van der Waals surface area contributed by atoms with Crippen LogP contribution in [0.3, 0.4) is 0 Å². The highest BCUT2D eigenvalue weighted by atomic mass is 16.5. The van der Waals surface area contributed by atoms with Crippen molar-refractivity contribution in [2.45, 2.75) is 0 Å². The minimum absolute atomic E-state index is 0.575. The molecule has 0 fully saturated rings. The number of methoxy groups -OCH3 is 1. The third kappa shape index (κ3) is 2.71. The van der Waals surface area contributed by atoms with Gasteiger partial charge in [0.2, 0.25) is 0 Å². The number of hydrogen-bond donors (Lipinski definition) is 2. The van der Waals surface area contributed by atoms with Crippen molar-refractivity contribution < 1.29 is 9.47 Å². The summed E-state index contributed by atoms with van der Waals surface area (Å²) in [4.78, 5) is 0. The molecule has 0 amide bonds. The molecule has 5 heteroatoms. The Morgan fingerprint density at radius 3 is 3.20 bits per heavy atom. The van der Waals surface area contributed by atoms with Gasteiger partial charge in [-0.2, -0.15) is 5.01 Å². The second-order valence-corrected chi connectivity index (χ2v) is 3.52. The number of hydrogen-bond acceptors (Lipinski definition) is 5. The van der Waals surface area contributed by atoms with Crippen molar-refractivity contribution in [1.29, 1.82) is 0 Å². The van der Waals surface area contributed by atoms with E-state index in [1.54, 1.807) is 7.11 Å². The van der Waals surface area contributed by atoms with E-state index in [0.717, 1.165) is 18.9 Å². The fraction of sp³-hybridized carbons (Fsp3) is 0.600. The predicted octanol–water partition coefficient (Wildman–Crippen LogP) is -0.202. The second-order valence-electron chi connectivity index (χ2n) is 3.52. The molecule has 0 aliphatic carbocycles. The summed E-state index contributed by atoms with van der Waals surface area (Å²) in [6, 6.07) is 0. The SMILES string of the molecule is COCCOCN1CC2=C(NCC=C2)N1. The van der Waals surface area contributed by atoms with Crippen LogP contribution in [0.25, 0.3) is 0 Å². The molecule has 0 spiro atoms. The number of nitrogens with one attached hydrogen (secondary N) is 2. The Morgan fingerprint density at radius 2 is 2.40 bits per heavy atom. The van der Waals surface area contributed by atoms with Crippen molar-refractivity contribution in [2.24, 2.45) is 0 Å². The van der Waals surface area contributed by atoms with E-state index in [1.165, 1.54) is 5.57 Å². The van der Waals surface area contributed by atoms with Crippen molar-refractivity contribution >= 4 is 0 Å². The molecule has 0 radical (unpaired) electrons. The summed E-state index contributed by atoms with van der Waals surface area (Å²) in [5, 5.41) is 5.30. The first-order chi connectivity index (χ1) is 7.40. The predicted molar refractivity (Wildman–Crippen MR) is 56.7 cm³/mol. The Balaban J connectivity index is 1.69. The van der Waals surface area contributed by atoms with Gasteiger partial charge in [-0.15, -0.1) is 0 Å². The number of rotatable bonds is 5. The smallest absolute Gasteiger partial charge is 0.118 e. The summed E-state index contributed by atoms with van der Waals surface area (Å²) in [7, 11) is 1.67. The van der Waals surface area contributed by atoms with Crippen LogP contribution < -0.4 is 10.7 Å². The zero-order valence-corrected chi connectivity index (χ0v) is 8.95. The molecule has 0 saturated carbocycles. The Hall–Kier alpha value is -1.04. The van der Waals surface area contributed by atoms with Crippen LogP contribution in [0, 0.1) is 0 Å². The first-order valence-corrected chi connectivity index (χ1v) is 5.12. The van der Waals surface area contributed by atoms with Gasteiger partial charge in [0.15, 0.2) is 0 Å². The zero-order valence-electron chi connectivity index (χ0n) is 8.95. The van der Waals surface area contributed by atoms with E-state index in [1.807, 2.05) is 5.01 Å². The fourth-order valence-electron chi connectivity index (χ4n) is 1.60. The summed E-state index contributed by atoms with van der Waals surface area (Å²) in [6.45, 7) is 3.61. The van der Waals surface area contributed by atoms with Gasteiger partial charge in [-0.25, -0.2) is 0 Å². The van der Waals surface area contributed by atoms with E-state index < -0.39 is 0 Å². The van der Waals surface area contributed by atoms with Gasteiger partial charge in [0.1, 0.15) is 12.6 Å². The van der Waals surface area contributed by atoms with Crippen LogP contribution in [-0.2, 0) is 9.47 Å².